The van der Waals surface area contributed by atoms with Crippen LogP contribution in [0.2, 0.25) is 0 Å². The Morgan fingerprint density at radius 1 is 0.935 bits per heavy atom. The van der Waals surface area contributed by atoms with Crippen LogP contribution in [-0.2, 0) is 4.74 Å². The molecule has 0 N–H and O–H groups in total. The highest BCUT2D eigenvalue weighted by molar-refractivity contribution is 6.10. The third-order valence-corrected chi connectivity index (χ3v) is 5.47. The Hall–Kier alpha value is -3.99. The zero-order valence-electron chi connectivity index (χ0n) is 17.3. The molecule has 152 valence electrons. The molecule has 5 heteroatoms. The van der Waals surface area contributed by atoms with Gasteiger partial charge < -0.3 is 9.14 Å². The van der Waals surface area contributed by atoms with Crippen LogP contribution >= 0.6 is 0 Å². The van der Waals surface area contributed by atoms with Crippen LogP contribution in [0.15, 0.2) is 72.8 Å². The van der Waals surface area contributed by atoms with Gasteiger partial charge in [0.2, 0.25) is 0 Å². The normalized spacial score (nSPS) is 11.3. The summed E-state index contributed by atoms with van der Waals surface area (Å²) in [6.45, 7) is 3.53. The summed E-state index contributed by atoms with van der Waals surface area (Å²) in [5.41, 5.74) is 4.71. The number of ketones is 1. The maximum Gasteiger partial charge on any atom is 0.355 e. The maximum atomic E-state index is 12.8. The van der Waals surface area contributed by atoms with Crippen molar-refractivity contribution in [2.24, 2.45) is 0 Å². The van der Waals surface area contributed by atoms with E-state index < -0.39 is 5.97 Å². The monoisotopic (exact) mass is 408 g/mol. The fourth-order valence-corrected chi connectivity index (χ4v) is 4.10. The number of benzene rings is 2. The highest BCUT2D eigenvalue weighted by Gasteiger charge is 2.23. The van der Waals surface area contributed by atoms with Crippen molar-refractivity contribution in [3.05, 3.63) is 84.1 Å². The van der Waals surface area contributed by atoms with Gasteiger partial charge in [-0.25, -0.2) is 9.78 Å². The molecule has 5 nitrogen and oxygen atoms in total. The van der Waals surface area contributed by atoms with E-state index in [1.807, 2.05) is 71.1 Å². The molecular formula is C26H20N2O3. The third-order valence-electron chi connectivity index (χ3n) is 5.47. The van der Waals surface area contributed by atoms with Crippen molar-refractivity contribution in [2.75, 3.05) is 6.61 Å². The average Bonchev–Trinajstić information content (AvgIpc) is 3.20. The van der Waals surface area contributed by atoms with Crippen molar-refractivity contribution in [3.8, 4) is 11.3 Å². The number of rotatable bonds is 4. The summed E-state index contributed by atoms with van der Waals surface area (Å²) < 4.78 is 7.12. The number of fused-ring (bicyclic) bond motifs is 4. The second kappa shape index (κ2) is 7.36. The number of esters is 1. The molecule has 0 bridgehead atoms. The highest BCUT2D eigenvalue weighted by Crippen LogP contribution is 2.34. The van der Waals surface area contributed by atoms with Crippen LogP contribution in [-0.4, -0.2) is 27.7 Å². The molecule has 31 heavy (non-hydrogen) atoms. The van der Waals surface area contributed by atoms with E-state index >= 15 is 0 Å². The Morgan fingerprint density at radius 3 is 2.45 bits per heavy atom. The summed E-state index contributed by atoms with van der Waals surface area (Å²) in [4.78, 5) is 30.2. The van der Waals surface area contributed by atoms with Crippen molar-refractivity contribution in [3.63, 3.8) is 0 Å². The number of aromatic nitrogens is 2. The maximum absolute atomic E-state index is 12.8. The Labute approximate surface area is 178 Å². The number of pyridine rings is 2. The molecule has 0 aliphatic heterocycles. The van der Waals surface area contributed by atoms with Crippen molar-refractivity contribution in [1.29, 1.82) is 0 Å². The predicted molar refractivity (Wildman–Crippen MR) is 122 cm³/mol. The SMILES string of the molecule is CCOC(=O)c1cc(C(C)=O)c2c(-c3ccc4ccccc4n3)cc3ccccc3n12. The molecule has 0 amide bonds. The second-order valence-corrected chi connectivity index (χ2v) is 7.41. The van der Waals surface area contributed by atoms with Gasteiger partial charge >= 0.3 is 5.97 Å². The molecule has 0 radical (unpaired) electrons. The minimum Gasteiger partial charge on any atom is -0.461 e. The van der Waals surface area contributed by atoms with E-state index in [2.05, 4.69) is 0 Å². The lowest BCUT2D eigenvalue weighted by molar-refractivity contribution is 0.0519. The number of nitrogens with zero attached hydrogens (tertiary/aromatic N) is 2. The lowest BCUT2D eigenvalue weighted by Gasteiger charge is -2.13. The molecule has 3 aromatic heterocycles. The van der Waals surface area contributed by atoms with Gasteiger partial charge in [-0.15, -0.1) is 0 Å². The van der Waals surface area contributed by atoms with Crippen LogP contribution in [0.3, 0.4) is 0 Å². The summed E-state index contributed by atoms with van der Waals surface area (Å²) in [5, 5.41) is 1.98. The average molecular weight is 408 g/mol. The molecule has 0 spiro atoms. The van der Waals surface area contributed by atoms with E-state index in [4.69, 9.17) is 9.72 Å². The fourth-order valence-electron chi connectivity index (χ4n) is 4.10. The molecule has 2 aromatic carbocycles. The van der Waals surface area contributed by atoms with Gasteiger partial charge in [0.05, 0.1) is 28.9 Å². The largest absolute Gasteiger partial charge is 0.461 e. The molecule has 0 aliphatic carbocycles. The fraction of sp³-hybridized carbons (Fsp3) is 0.115. The van der Waals surface area contributed by atoms with Crippen molar-refractivity contribution in [1.82, 2.24) is 9.38 Å². The van der Waals surface area contributed by atoms with Crippen molar-refractivity contribution < 1.29 is 14.3 Å². The van der Waals surface area contributed by atoms with E-state index in [0.717, 1.165) is 33.1 Å². The topological polar surface area (TPSA) is 60.7 Å². The molecule has 5 aromatic rings. The predicted octanol–water partition coefficient (Wildman–Crippen LogP) is 5.69. The van der Waals surface area contributed by atoms with Gasteiger partial charge in [-0.3, -0.25) is 4.79 Å². The molecule has 0 saturated carbocycles. The standard InChI is InChI=1S/C26H20N2O3/c1-3-31-26(30)24-15-19(16(2)29)25-20(14-18-9-5-7-11-23(18)28(24)25)22-13-12-17-8-4-6-10-21(17)27-22/h4-15H,3H2,1-2H3. The number of carbonyl (C=O) groups is 2. The minimum atomic E-state index is -0.459. The Balaban J connectivity index is 1.93. The first-order valence-electron chi connectivity index (χ1n) is 10.2. The Kier molecular flexibility index (Phi) is 4.51. The zero-order valence-corrected chi connectivity index (χ0v) is 17.3. The third kappa shape index (κ3) is 3.06. The lowest BCUT2D eigenvalue weighted by atomic mass is 10.0. The summed E-state index contributed by atoms with van der Waals surface area (Å²) >= 11 is 0. The van der Waals surface area contributed by atoms with Crippen LogP contribution in [0.5, 0.6) is 0 Å². The zero-order chi connectivity index (χ0) is 21.5. The van der Waals surface area contributed by atoms with Gasteiger partial charge in [-0.1, -0.05) is 42.5 Å². The molecule has 0 aliphatic rings. The van der Waals surface area contributed by atoms with Gasteiger partial charge in [0.1, 0.15) is 5.69 Å². The number of ether oxygens (including phenoxy) is 1. The second-order valence-electron chi connectivity index (χ2n) is 7.41. The molecule has 0 saturated heterocycles. The number of Topliss-reactive ketones (excluding diaryl/α,β-unsaturated/α-hetero) is 1. The first-order valence-corrected chi connectivity index (χ1v) is 10.2. The first kappa shape index (κ1) is 19.0. The van der Waals surface area contributed by atoms with E-state index in [0.29, 0.717) is 16.8 Å². The minimum absolute atomic E-state index is 0.120. The van der Waals surface area contributed by atoms with Crippen LogP contribution < -0.4 is 0 Å². The number of hydrogen-bond donors (Lipinski definition) is 0. The van der Waals surface area contributed by atoms with Gasteiger partial charge in [0.15, 0.2) is 5.78 Å². The number of carbonyl (C=O) groups excluding carboxylic acids is 2. The lowest BCUT2D eigenvalue weighted by Crippen LogP contribution is -2.08. The van der Waals surface area contributed by atoms with Crippen molar-refractivity contribution in [2.45, 2.75) is 13.8 Å². The van der Waals surface area contributed by atoms with Gasteiger partial charge in [-0.05, 0) is 49.6 Å². The Morgan fingerprint density at radius 2 is 1.68 bits per heavy atom. The van der Waals surface area contributed by atoms with E-state index in [-0.39, 0.29) is 12.4 Å². The molecule has 0 unspecified atom stereocenters. The van der Waals surface area contributed by atoms with Crippen LogP contribution in [0.1, 0.15) is 34.7 Å². The smallest absolute Gasteiger partial charge is 0.355 e. The number of hydrogen-bond acceptors (Lipinski definition) is 4. The summed E-state index contributed by atoms with van der Waals surface area (Å²) in [7, 11) is 0. The summed E-state index contributed by atoms with van der Waals surface area (Å²) in [6.07, 6.45) is 0. The van der Waals surface area contributed by atoms with Gasteiger partial charge in [0, 0.05) is 16.5 Å². The van der Waals surface area contributed by atoms with E-state index in [1.165, 1.54) is 6.92 Å². The van der Waals surface area contributed by atoms with Gasteiger partial charge in [0.25, 0.3) is 0 Å². The molecule has 5 rings (SSSR count). The molecule has 3 heterocycles. The van der Waals surface area contributed by atoms with E-state index in [1.54, 1.807) is 13.0 Å². The Bertz CT molecular complexity index is 1500. The number of para-hydroxylation sites is 2. The highest BCUT2D eigenvalue weighted by atomic mass is 16.5. The van der Waals surface area contributed by atoms with Crippen LogP contribution in [0, 0.1) is 0 Å². The quantitative estimate of drug-likeness (QED) is 0.283. The van der Waals surface area contributed by atoms with Crippen molar-refractivity contribution >= 4 is 39.1 Å². The van der Waals surface area contributed by atoms with Crippen LogP contribution in [0.4, 0.5) is 0 Å². The summed E-state index contributed by atoms with van der Waals surface area (Å²) in [5.74, 6) is -0.579. The van der Waals surface area contributed by atoms with Crippen LogP contribution in [0.25, 0.3) is 38.6 Å². The van der Waals surface area contributed by atoms with E-state index in [9.17, 15) is 9.59 Å². The molecule has 0 fully saturated rings. The molecular weight excluding hydrogens is 388 g/mol. The van der Waals surface area contributed by atoms with Gasteiger partial charge in [-0.2, -0.15) is 0 Å². The first-order chi connectivity index (χ1) is 15.1. The molecule has 0 atom stereocenters. The summed E-state index contributed by atoms with van der Waals surface area (Å²) in [6, 6.07) is 23.3.